The average Bonchev–Trinajstić information content (AvgIpc) is 2.65. The topological polar surface area (TPSA) is 82.1 Å². The quantitative estimate of drug-likeness (QED) is 0.610. The number of likely N-dealkylation sites (tertiary alicyclic amines) is 1. The van der Waals surface area contributed by atoms with E-state index in [-0.39, 0.29) is 30.9 Å². The number of benzene rings is 1. The van der Waals surface area contributed by atoms with Gasteiger partial charge in [0.25, 0.3) is 0 Å². The fraction of sp³-hybridized carbons (Fsp3) is 0.600. The van der Waals surface area contributed by atoms with E-state index in [0.29, 0.717) is 19.7 Å². The molecule has 0 spiro atoms. The van der Waals surface area contributed by atoms with Crippen molar-refractivity contribution in [3.05, 3.63) is 29.8 Å². The highest BCUT2D eigenvalue weighted by Gasteiger charge is 2.24. The molecule has 1 fully saturated rings. The molecule has 2 N–H and O–H groups in total. The number of likely N-dealkylation sites (N-methyl/N-ethyl adjacent to an activating group) is 1. The van der Waals surface area contributed by atoms with Gasteiger partial charge in [-0.1, -0.05) is 19.1 Å². The van der Waals surface area contributed by atoms with Crippen molar-refractivity contribution in [3.63, 3.8) is 0 Å². The van der Waals surface area contributed by atoms with Crippen LogP contribution in [-0.2, 0) is 16.1 Å². The lowest BCUT2D eigenvalue weighted by Crippen LogP contribution is -2.47. The highest BCUT2D eigenvalue weighted by Crippen LogP contribution is 2.15. The smallest absolute Gasteiger partial charge is 0.317 e. The molecule has 1 amide bonds. The van der Waals surface area contributed by atoms with Crippen LogP contribution in [0, 0.1) is 0 Å². The third-order valence-electron chi connectivity index (χ3n) is 4.79. The maximum absolute atomic E-state index is 12.2. The maximum atomic E-state index is 12.2. The van der Waals surface area contributed by atoms with E-state index in [0.717, 1.165) is 43.7 Å². The van der Waals surface area contributed by atoms with E-state index in [9.17, 15) is 9.59 Å². The van der Waals surface area contributed by atoms with E-state index in [4.69, 9.17) is 9.84 Å². The van der Waals surface area contributed by atoms with Crippen LogP contribution in [0.5, 0.6) is 5.75 Å². The van der Waals surface area contributed by atoms with E-state index < -0.39 is 5.97 Å². The minimum Gasteiger partial charge on any atom is -0.494 e. The summed E-state index contributed by atoms with van der Waals surface area (Å²) in [6, 6.07) is 8.06. The molecule has 0 aliphatic carbocycles. The molecular formula is C20H32ClN3O4. The molecule has 0 bridgehead atoms. The Balaban J connectivity index is 0.00000392. The summed E-state index contributed by atoms with van der Waals surface area (Å²) in [6.45, 7) is 5.29. The molecule has 158 valence electrons. The molecular weight excluding hydrogens is 382 g/mol. The lowest BCUT2D eigenvalue weighted by molar-refractivity contribution is -0.138. The summed E-state index contributed by atoms with van der Waals surface area (Å²) in [5.41, 5.74) is 1.02. The van der Waals surface area contributed by atoms with Gasteiger partial charge in [0.15, 0.2) is 0 Å². The van der Waals surface area contributed by atoms with Crippen molar-refractivity contribution < 1.29 is 19.4 Å². The van der Waals surface area contributed by atoms with Gasteiger partial charge in [0, 0.05) is 25.7 Å². The zero-order valence-electron chi connectivity index (χ0n) is 16.7. The molecule has 1 saturated heterocycles. The SMILES string of the molecule is CCCOc1cccc(CNC(=O)CN2CCC(N(C)CC(=O)O)CC2)c1.Cl. The molecule has 0 aromatic heterocycles. The molecule has 0 saturated carbocycles. The molecule has 2 rings (SSSR count). The monoisotopic (exact) mass is 413 g/mol. The first-order valence-electron chi connectivity index (χ1n) is 9.60. The van der Waals surface area contributed by atoms with Gasteiger partial charge in [0.05, 0.1) is 19.7 Å². The lowest BCUT2D eigenvalue weighted by atomic mass is 10.0. The second-order valence-electron chi connectivity index (χ2n) is 7.09. The van der Waals surface area contributed by atoms with Crippen molar-refractivity contribution in [3.8, 4) is 5.75 Å². The Morgan fingerprint density at radius 3 is 2.68 bits per heavy atom. The van der Waals surface area contributed by atoms with Crippen molar-refractivity contribution in [2.24, 2.45) is 0 Å². The van der Waals surface area contributed by atoms with Crippen LogP contribution in [0.1, 0.15) is 31.7 Å². The fourth-order valence-electron chi connectivity index (χ4n) is 3.29. The van der Waals surface area contributed by atoms with Gasteiger partial charge in [0.2, 0.25) is 5.91 Å². The summed E-state index contributed by atoms with van der Waals surface area (Å²) in [7, 11) is 1.85. The third kappa shape index (κ3) is 8.46. The molecule has 0 unspecified atom stereocenters. The van der Waals surface area contributed by atoms with Gasteiger partial charge < -0.3 is 15.2 Å². The number of hydrogen-bond donors (Lipinski definition) is 2. The standard InChI is InChI=1S/C20H31N3O4.ClH/c1-3-11-27-18-6-4-5-16(12-18)13-21-19(24)14-23-9-7-17(8-10-23)22(2)15-20(25)26;/h4-6,12,17H,3,7-11,13-15H2,1-2H3,(H,21,24)(H,25,26);1H. The summed E-state index contributed by atoms with van der Waals surface area (Å²) in [5, 5.41) is 11.9. The number of halogens is 1. The van der Waals surface area contributed by atoms with Crippen molar-refractivity contribution >= 4 is 24.3 Å². The number of piperidine rings is 1. The molecule has 1 aromatic carbocycles. The van der Waals surface area contributed by atoms with Crippen LogP contribution in [0.15, 0.2) is 24.3 Å². The molecule has 28 heavy (non-hydrogen) atoms. The number of carboxylic acids is 1. The minimum absolute atomic E-state index is 0. The summed E-state index contributed by atoms with van der Waals surface area (Å²) >= 11 is 0. The maximum Gasteiger partial charge on any atom is 0.317 e. The van der Waals surface area contributed by atoms with Gasteiger partial charge in [0.1, 0.15) is 5.75 Å². The second-order valence-corrected chi connectivity index (χ2v) is 7.09. The van der Waals surface area contributed by atoms with E-state index in [1.165, 1.54) is 0 Å². The van der Waals surface area contributed by atoms with E-state index in [1.807, 2.05) is 36.2 Å². The third-order valence-corrected chi connectivity index (χ3v) is 4.79. The van der Waals surface area contributed by atoms with E-state index in [2.05, 4.69) is 17.1 Å². The molecule has 0 atom stereocenters. The predicted molar refractivity (Wildman–Crippen MR) is 111 cm³/mol. The Morgan fingerprint density at radius 1 is 1.32 bits per heavy atom. The molecule has 0 radical (unpaired) electrons. The largest absolute Gasteiger partial charge is 0.494 e. The van der Waals surface area contributed by atoms with Crippen molar-refractivity contribution in [2.45, 2.75) is 38.8 Å². The minimum atomic E-state index is -0.802. The predicted octanol–water partition coefficient (Wildman–Crippen LogP) is 1.99. The zero-order valence-corrected chi connectivity index (χ0v) is 17.5. The van der Waals surface area contributed by atoms with Gasteiger partial charge in [-0.25, -0.2) is 0 Å². The molecule has 7 nitrogen and oxygen atoms in total. The number of ether oxygens (including phenoxy) is 1. The lowest BCUT2D eigenvalue weighted by Gasteiger charge is -2.35. The number of amides is 1. The summed E-state index contributed by atoms with van der Waals surface area (Å²) in [5.74, 6) is 0.0341. The summed E-state index contributed by atoms with van der Waals surface area (Å²) < 4.78 is 5.62. The molecule has 8 heteroatoms. The zero-order chi connectivity index (χ0) is 19.6. The van der Waals surface area contributed by atoms with Gasteiger partial charge >= 0.3 is 5.97 Å². The molecule has 1 aliphatic rings. The molecule has 1 aromatic rings. The van der Waals surface area contributed by atoms with Gasteiger partial charge in [-0.05, 0) is 44.0 Å². The highest BCUT2D eigenvalue weighted by molar-refractivity contribution is 5.85. The number of carbonyl (C=O) groups is 2. The number of carbonyl (C=O) groups excluding carboxylic acids is 1. The number of rotatable bonds is 10. The van der Waals surface area contributed by atoms with Gasteiger partial charge in [-0.3, -0.25) is 19.4 Å². The van der Waals surface area contributed by atoms with Crippen LogP contribution in [0.25, 0.3) is 0 Å². The second kappa shape index (κ2) is 12.6. The number of carboxylic acid groups (broad SMARTS) is 1. The van der Waals surface area contributed by atoms with Crippen LogP contribution in [0.4, 0.5) is 0 Å². The Hall–Kier alpha value is -1.83. The van der Waals surface area contributed by atoms with E-state index >= 15 is 0 Å². The van der Waals surface area contributed by atoms with Crippen LogP contribution >= 0.6 is 12.4 Å². The van der Waals surface area contributed by atoms with Crippen LogP contribution in [0.3, 0.4) is 0 Å². The summed E-state index contributed by atoms with van der Waals surface area (Å²) in [6.07, 6.45) is 2.73. The number of nitrogens with one attached hydrogen (secondary N) is 1. The van der Waals surface area contributed by atoms with Crippen molar-refractivity contribution in [2.75, 3.05) is 39.8 Å². The first-order valence-corrected chi connectivity index (χ1v) is 9.60. The number of hydrogen-bond acceptors (Lipinski definition) is 5. The number of nitrogens with zero attached hydrogens (tertiary/aromatic N) is 2. The van der Waals surface area contributed by atoms with Crippen LogP contribution in [0.2, 0.25) is 0 Å². The Morgan fingerprint density at radius 2 is 2.04 bits per heavy atom. The van der Waals surface area contributed by atoms with Gasteiger partial charge in [-0.2, -0.15) is 0 Å². The fourth-order valence-corrected chi connectivity index (χ4v) is 3.29. The van der Waals surface area contributed by atoms with Crippen LogP contribution < -0.4 is 10.1 Å². The van der Waals surface area contributed by atoms with Gasteiger partial charge in [-0.15, -0.1) is 12.4 Å². The normalized spacial score (nSPS) is 15.1. The molecule has 1 heterocycles. The first-order chi connectivity index (χ1) is 13.0. The van der Waals surface area contributed by atoms with Crippen molar-refractivity contribution in [1.29, 1.82) is 0 Å². The highest BCUT2D eigenvalue weighted by atomic mass is 35.5. The Bertz CT molecular complexity index is 621. The first kappa shape index (κ1) is 24.2. The average molecular weight is 414 g/mol. The Kier molecular flexibility index (Phi) is 10.9. The summed E-state index contributed by atoms with van der Waals surface area (Å²) in [4.78, 5) is 27.0. The molecule has 1 aliphatic heterocycles. The van der Waals surface area contributed by atoms with Crippen LogP contribution in [-0.4, -0.2) is 72.7 Å². The number of aliphatic carboxylic acids is 1. The Labute approximate surface area is 173 Å². The van der Waals surface area contributed by atoms with Crippen molar-refractivity contribution in [1.82, 2.24) is 15.1 Å². The van der Waals surface area contributed by atoms with E-state index in [1.54, 1.807) is 0 Å².